The van der Waals surface area contributed by atoms with Gasteiger partial charge in [0.15, 0.2) is 11.5 Å². The van der Waals surface area contributed by atoms with E-state index in [0.29, 0.717) is 12.8 Å². The first-order chi connectivity index (χ1) is 8.86. The summed E-state index contributed by atoms with van der Waals surface area (Å²) >= 11 is 0. The van der Waals surface area contributed by atoms with E-state index in [4.69, 9.17) is 14.2 Å². The van der Waals surface area contributed by atoms with Gasteiger partial charge in [0.05, 0.1) is 7.11 Å². The summed E-state index contributed by atoms with van der Waals surface area (Å²) in [6, 6.07) is 4.49. The first kappa shape index (κ1) is 11.7. The van der Waals surface area contributed by atoms with Crippen LogP contribution in [0, 0.1) is 0 Å². The molecule has 18 heavy (non-hydrogen) atoms. The molecule has 1 saturated heterocycles. The fraction of sp³-hybridized carbons (Fsp3) is 0.571. The largest absolute Gasteiger partial charge is 0.497 e. The summed E-state index contributed by atoms with van der Waals surface area (Å²) in [5, 5.41) is 3.56. The van der Waals surface area contributed by atoms with Crippen LogP contribution in [0.5, 0.6) is 17.2 Å². The Morgan fingerprint density at radius 1 is 1.33 bits per heavy atom. The second kappa shape index (κ2) is 5.06. The van der Waals surface area contributed by atoms with E-state index in [9.17, 15) is 0 Å². The van der Waals surface area contributed by atoms with E-state index in [2.05, 4.69) is 11.4 Å². The van der Waals surface area contributed by atoms with E-state index in [1.807, 2.05) is 6.07 Å². The molecule has 4 nitrogen and oxygen atoms in total. The molecule has 0 amide bonds. The zero-order valence-corrected chi connectivity index (χ0v) is 10.7. The Kier molecular flexibility index (Phi) is 3.28. The third-order valence-electron chi connectivity index (χ3n) is 3.64. The van der Waals surface area contributed by atoms with E-state index in [1.54, 1.807) is 7.11 Å². The standard InChI is InChI=1S/C14H19NO3/c1-16-12-7-10(6-11-4-2-3-5-15-11)14-13(8-12)17-9-18-14/h7-8,11,15H,2-6,9H2,1H3. The summed E-state index contributed by atoms with van der Waals surface area (Å²) in [5.74, 6) is 2.54. The van der Waals surface area contributed by atoms with Gasteiger partial charge in [0.25, 0.3) is 0 Å². The molecule has 1 unspecified atom stereocenters. The molecule has 1 N–H and O–H groups in total. The first-order valence-electron chi connectivity index (χ1n) is 6.56. The average Bonchev–Trinajstić information content (AvgIpc) is 2.88. The minimum atomic E-state index is 0.313. The molecule has 0 radical (unpaired) electrons. The van der Waals surface area contributed by atoms with Crippen molar-refractivity contribution < 1.29 is 14.2 Å². The van der Waals surface area contributed by atoms with Crippen LogP contribution in [-0.2, 0) is 6.42 Å². The molecule has 3 rings (SSSR count). The van der Waals surface area contributed by atoms with Crippen LogP contribution in [0.1, 0.15) is 24.8 Å². The van der Waals surface area contributed by atoms with Crippen LogP contribution in [0.25, 0.3) is 0 Å². The van der Waals surface area contributed by atoms with Gasteiger partial charge in [0, 0.05) is 17.7 Å². The van der Waals surface area contributed by atoms with Gasteiger partial charge in [0.1, 0.15) is 5.75 Å². The summed E-state index contributed by atoms with van der Waals surface area (Å²) in [4.78, 5) is 0. The highest BCUT2D eigenvalue weighted by Crippen LogP contribution is 2.40. The molecule has 0 aromatic heterocycles. The van der Waals surface area contributed by atoms with E-state index in [1.165, 1.54) is 24.8 Å². The highest BCUT2D eigenvalue weighted by molar-refractivity contribution is 5.53. The minimum absolute atomic E-state index is 0.313. The van der Waals surface area contributed by atoms with Crippen LogP contribution in [0.4, 0.5) is 0 Å². The van der Waals surface area contributed by atoms with Gasteiger partial charge in [-0.05, 0) is 31.9 Å². The second-order valence-corrected chi connectivity index (χ2v) is 4.87. The zero-order chi connectivity index (χ0) is 12.4. The zero-order valence-electron chi connectivity index (χ0n) is 10.7. The van der Waals surface area contributed by atoms with Gasteiger partial charge in [-0.1, -0.05) is 6.42 Å². The molecule has 1 aromatic rings. The van der Waals surface area contributed by atoms with Crippen molar-refractivity contribution in [3.05, 3.63) is 17.7 Å². The maximum Gasteiger partial charge on any atom is 0.231 e. The summed E-state index contributed by atoms with van der Waals surface area (Å²) < 4.78 is 16.3. The van der Waals surface area contributed by atoms with Crippen molar-refractivity contribution in [3.8, 4) is 17.2 Å². The van der Waals surface area contributed by atoms with Crippen LogP contribution >= 0.6 is 0 Å². The SMILES string of the molecule is COc1cc(CC2CCCCN2)c2c(c1)OCO2. The number of benzene rings is 1. The molecule has 2 aliphatic rings. The molecule has 1 fully saturated rings. The molecular weight excluding hydrogens is 230 g/mol. The Bertz CT molecular complexity index is 427. The minimum Gasteiger partial charge on any atom is -0.497 e. The second-order valence-electron chi connectivity index (χ2n) is 4.87. The lowest BCUT2D eigenvalue weighted by molar-refractivity contribution is 0.173. The summed E-state index contributed by atoms with van der Waals surface area (Å²) in [7, 11) is 1.68. The van der Waals surface area contributed by atoms with Crippen LogP contribution < -0.4 is 19.5 Å². The monoisotopic (exact) mass is 249 g/mol. The van der Waals surface area contributed by atoms with Crippen molar-refractivity contribution in [2.75, 3.05) is 20.4 Å². The molecule has 0 spiro atoms. The van der Waals surface area contributed by atoms with E-state index in [0.717, 1.165) is 30.2 Å². The van der Waals surface area contributed by atoms with Crippen molar-refractivity contribution in [2.24, 2.45) is 0 Å². The fourth-order valence-electron chi connectivity index (χ4n) is 2.69. The maximum atomic E-state index is 5.57. The lowest BCUT2D eigenvalue weighted by atomic mass is 9.97. The molecule has 0 aliphatic carbocycles. The Labute approximate surface area is 107 Å². The molecule has 2 heterocycles. The highest BCUT2D eigenvalue weighted by Gasteiger charge is 2.22. The van der Waals surface area contributed by atoms with Crippen LogP contribution in [-0.4, -0.2) is 26.5 Å². The van der Waals surface area contributed by atoms with Gasteiger partial charge in [-0.25, -0.2) is 0 Å². The van der Waals surface area contributed by atoms with Crippen LogP contribution in [0.2, 0.25) is 0 Å². The van der Waals surface area contributed by atoms with Gasteiger partial charge >= 0.3 is 0 Å². The molecule has 0 saturated carbocycles. The van der Waals surface area contributed by atoms with Gasteiger partial charge < -0.3 is 19.5 Å². The normalized spacial score (nSPS) is 21.9. The lowest BCUT2D eigenvalue weighted by Crippen LogP contribution is -2.35. The van der Waals surface area contributed by atoms with E-state index < -0.39 is 0 Å². The number of fused-ring (bicyclic) bond motifs is 1. The highest BCUT2D eigenvalue weighted by atomic mass is 16.7. The fourth-order valence-corrected chi connectivity index (χ4v) is 2.69. The topological polar surface area (TPSA) is 39.7 Å². The Morgan fingerprint density at radius 2 is 2.28 bits per heavy atom. The maximum absolute atomic E-state index is 5.57. The van der Waals surface area contributed by atoms with Gasteiger partial charge in [-0.2, -0.15) is 0 Å². The molecule has 1 aromatic carbocycles. The van der Waals surface area contributed by atoms with Crippen LogP contribution in [0.3, 0.4) is 0 Å². The van der Waals surface area contributed by atoms with Crippen molar-refractivity contribution in [2.45, 2.75) is 31.7 Å². The molecule has 0 bridgehead atoms. The van der Waals surface area contributed by atoms with E-state index in [-0.39, 0.29) is 0 Å². The quantitative estimate of drug-likeness (QED) is 0.890. The Balaban J connectivity index is 1.83. The van der Waals surface area contributed by atoms with Gasteiger partial charge in [0.2, 0.25) is 6.79 Å². The van der Waals surface area contributed by atoms with Crippen LogP contribution in [0.15, 0.2) is 12.1 Å². The number of nitrogens with one attached hydrogen (secondary N) is 1. The Morgan fingerprint density at radius 3 is 3.06 bits per heavy atom. The number of piperidine rings is 1. The molecule has 1 atom stereocenters. The predicted octanol–water partition coefficient (Wildman–Crippen LogP) is 2.11. The Hall–Kier alpha value is -1.42. The van der Waals surface area contributed by atoms with Crippen molar-refractivity contribution >= 4 is 0 Å². The predicted molar refractivity (Wildman–Crippen MR) is 68.5 cm³/mol. The first-order valence-corrected chi connectivity index (χ1v) is 6.56. The van der Waals surface area contributed by atoms with E-state index >= 15 is 0 Å². The number of hydrogen-bond donors (Lipinski definition) is 1. The van der Waals surface area contributed by atoms with Crippen molar-refractivity contribution in [3.63, 3.8) is 0 Å². The average molecular weight is 249 g/mol. The molecule has 98 valence electrons. The summed E-state index contributed by atoms with van der Waals surface area (Å²) in [6.45, 7) is 1.43. The summed E-state index contributed by atoms with van der Waals surface area (Å²) in [5.41, 5.74) is 1.18. The number of rotatable bonds is 3. The smallest absolute Gasteiger partial charge is 0.231 e. The van der Waals surface area contributed by atoms with Gasteiger partial charge in [-0.15, -0.1) is 0 Å². The van der Waals surface area contributed by atoms with Crippen molar-refractivity contribution in [1.82, 2.24) is 5.32 Å². The number of ether oxygens (including phenoxy) is 3. The number of methoxy groups -OCH3 is 1. The molecule has 4 heteroatoms. The molecule has 2 aliphatic heterocycles. The van der Waals surface area contributed by atoms with Crippen molar-refractivity contribution in [1.29, 1.82) is 0 Å². The van der Waals surface area contributed by atoms with Gasteiger partial charge in [-0.3, -0.25) is 0 Å². The third kappa shape index (κ3) is 2.25. The molecular formula is C14H19NO3. The third-order valence-corrected chi connectivity index (χ3v) is 3.64. The summed E-state index contributed by atoms with van der Waals surface area (Å²) in [6.07, 6.45) is 4.79. The number of hydrogen-bond acceptors (Lipinski definition) is 4. The lowest BCUT2D eigenvalue weighted by Gasteiger charge is -2.24.